The number of rotatable bonds is 6. The minimum Gasteiger partial charge on any atom is -0.493 e. The second-order valence-electron chi connectivity index (χ2n) is 11.3. The van der Waals surface area contributed by atoms with Crippen LogP contribution in [-0.2, 0) is 25.7 Å². The quantitative estimate of drug-likeness (QED) is 0.547. The zero-order valence-electron chi connectivity index (χ0n) is 22.0. The number of aliphatic imine (C=N–C) groups is 1. The predicted molar refractivity (Wildman–Crippen MR) is 139 cm³/mol. The molecule has 3 heterocycles. The molecule has 9 nitrogen and oxygen atoms in total. The van der Waals surface area contributed by atoms with Gasteiger partial charge >= 0.3 is 6.09 Å². The summed E-state index contributed by atoms with van der Waals surface area (Å²) in [6.45, 7) is 2.74. The average Bonchev–Trinajstić information content (AvgIpc) is 3.33. The van der Waals surface area contributed by atoms with Gasteiger partial charge in [-0.15, -0.1) is 0 Å². The van der Waals surface area contributed by atoms with Gasteiger partial charge in [0.25, 0.3) is 5.91 Å². The van der Waals surface area contributed by atoms with E-state index in [2.05, 4.69) is 11.9 Å². The average molecular weight is 522 g/mol. The lowest BCUT2D eigenvalue weighted by molar-refractivity contribution is -0.205. The van der Waals surface area contributed by atoms with Crippen molar-refractivity contribution in [3.63, 3.8) is 0 Å². The van der Waals surface area contributed by atoms with Crippen LogP contribution >= 0.6 is 0 Å². The lowest BCUT2D eigenvalue weighted by atomic mass is 9.61. The van der Waals surface area contributed by atoms with Crippen LogP contribution in [-0.4, -0.2) is 64.8 Å². The number of methoxy groups -OCH3 is 1. The molecule has 0 radical (unpaired) electrons. The van der Waals surface area contributed by atoms with E-state index >= 15 is 0 Å². The minimum absolute atomic E-state index is 0.0834. The van der Waals surface area contributed by atoms with Gasteiger partial charge in [0.1, 0.15) is 18.5 Å². The standard InChI is InChI=1S/C29H35N3O6/c1-19-8-9-24-28(16-19)10-12-30-17-21-14-22(15-23(38-24)25(21)28)32(27(34)35)29(36-2)11-13-31(26(29)33)37-18-20-6-4-3-5-7-20/h3-7,12,17,19,22,24H,8-11,13-16,18H2,1-2H3,(H,34,35)/t19?,22-,24-,28?,29-/m1/s1. The van der Waals surface area contributed by atoms with Crippen molar-refractivity contribution in [1.29, 1.82) is 0 Å². The first-order valence-electron chi connectivity index (χ1n) is 13.6. The summed E-state index contributed by atoms with van der Waals surface area (Å²) in [5.74, 6) is 0.951. The van der Waals surface area contributed by atoms with Crippen LogP contribution < -0.4 is 0 Å². The highest BCUT2D eigenvalue weighted by Gasteiger charge is 2.60. The summed E-state index contributed by atoms with van der Waals surface area (Å²) in [6.07, 6.45) is 7.76. The largest absolute Gasteiger partial charge is 0.493 e. The number of hydrogen-bond acceptors (Lipinski definition) is 6. The van der Waals surface area contributed by atoms with Crippen LogP contribution in [0.1, 0.15) is 57.4 Å². The number of benzene rings is 1. The second kappa shape index (κ2) is 9.54. The molecule has 38 heavy (non-hydrogen) atoms. The van der Waals surface area contributed by atoms with Gasteiger partial charge in [-0.3, -0.25) is 19.5 Å². The van der Waals surface area contributed by atoms with E-state index in [1.54, 1.807) is 0 Å². The van der Waals surface area contributed by atoms with Crippen molar-refractivity contribution >= 4 is 18.2 Å². The molecule has 2 unspecified atom stereocenters. The molecular weight excluding hydrogens is 486 g/mol. The molecule has 1 aromatic rings. The Morgan fingerprint density at radius 1 is 1.26 bits per heavy atom. The number of hydrogen-bond donors (Lipinski definition) is 1. The van der Waals surface area contributed by atoms with E-state index < -0.39 is 23.8 Å². The van der Waals surface area contributed by atoms with Crippen molar-refractivity contribution in [2.24, 2.45) is 16.3 Å². The van der Waals surface area contributed by atoms with Crippen molar-refractivity contribution < 1.29 is 29.0 Å². The Morgan fingerprint density at radius 2 is 2.08 bits per heavy atom. The first-order chi connectivity index (χ1) is 18.4. The fourth-order valence-electron chi connectivity index (χ4n) is 7.40. The molecular formula is C29H35N3O6. The molecule has 2 amide bonds. The monoisotopic (exact) mass is 521 g/mol. The van der Waals surface area contributed by atoms with Crippen LogP contribution in [0.2, 0.25) is 0 Å². The molecule has 2 fully saturated rings. The fourth-order valence-corrected chi connectivity index (χ4v) is 7.40. The Hall–Kier alpha value is -3.17. The molecule has 1 saturated carbocycles. The first-order valence-corrected chi connectivity index (χ1v) is 13.6. The third-order valence-electron chi connectivity index (χ3n) is 9.04. The van der Waals surface area contributed by atoms with Crippen molar-refractivity contribution in [3.05, 3.63) is 59.0 Å². The van der Waals surface area contributed by atoms with Gasteiger partial charge < -0.3 is 14.6 Å². The van der Waals surface area contributed by atoms with Gasteiger partial charge in [0.2, 0.25) is 5.72 Å². The molecule has 1 saturated heterocycles. The number of carbonyl (C=O) groups is 2. The smallest absolute Gasteiger partial charge is 0.410 e. The molecule has 5 aliphatic rings. The zero-order valence-corrected chi connectivity index (χ0v) is 22.0. The molecule has 5 atom stereocenters. The van der Waals surface area contributed by atoms with Gasteiger partial charge in [-0.05, 0) is 49.2 Å². The van der Waals surface area contributed by atoms with E-state index in [9.17, 15) is 14.7 Å². The highest BCUT2D eigenvalue weighted by Crippen LogP contribution is 2.60. The number of hydroxylamine groups is 2. The Labute approximate surface area is 222 Å². The number of amides is 2. The van der Waals surface area contributed by atoms with E-state index in [0.29, 0.717) is 18.8 Å². The third kappa shape index (κ3) is 3.86. The molecule has 6 rings (SSSR count). The summed E-state index contributed by atoms with van der Waals surface area (Å²) in [5, 5.41) is 11.7. The van der Waals surface area contributed by atoms with Crippen LogP contribution in [0, 0.1) is 11.3 Å². The molecule has 9 heteroatoms. The predicted octanol–water partition coefficient (Wildman–Crippen LogP) is 4.65. The minimum atomic E-state index is -1.67. The molecule has 1 N–H and O–H groups in total. The highest BCUT2D eigenvalue weighted by molar-refractivity contribution is 5.89. The summed E-state index contributed by atoms with van der Waals surface area (Å²) in [5.41, 5.74) is 1.40. The summed E-state index contributed by atoms with van der Waals surface area (Å²) in [4.78, 5) is 38.1. The van der Waals surface area contributed by atoms with Crippen molar-refractivity contribution in [1.82, 2.24) is 9.96 Å². The Morgan fingerprint density at radius 3 is 2.84 bits per heavy atom. The Kier molecular flexibility index (Phi) is 6.31. The van der Waals surface area contributed by atoms with Gasteiger partial charge in [-0.25, -0.2) is 9.86 Å². The number of ether oxygens (including phenoxy) is 2. The van der Waals surface area contributed by atoms with Crippen LogP contribution in [0.4, 0.5) is 4.79 Å². The first kappa shape index (κ1) is 25.1. The van der Waals surface area contributed by atoms with E-state index in [0.717, 1.165) is 42.6 Å². The topological polar surface area (TPSA) is 101 Å². The van der Waals surface area contributed by atoms with E-state index in [1.807, 2.05) is 42.7 Å². The number of nitrogens with zero attached hydrogens (tertiary/aromatic N) is 3. The molecule has 0 bridgehead atoms. The molecule has 1 spiro atoms. The summed E-state index contributed by atoms with van der Waals surface area (Å²) in [7, 11) is 1.40. The lowest BCUT2D eigenvalue weighted by Gasteiger charge is -2.44. The maximum Gasteiger partial charge on any atom is 0.410 e. The van der Waals surface area contributed by atoms with Crippen LogP contribution in [0.25, 0.3) is 0 Å². The molecule has 0 aromatic heterocycles. The van der Waals surface area contributed by atoms with Gasteiger partial charge in [-0.2, -0.15) is 0 Å². The van der Waals surface area contributed by atoms with Crippen molar-refractivity contribution in [2.75, 3.05) is 13.7 Å². The van der Waals surface area contributed by atoms with E-state index in [1.165, 1.54) is 22.6 Å². The third-order valence-corrected chi connectivity index (χ3v) is 9.04. The molecule has 202 valence electrons. The normalized spacial score (nSPS) is 33.8. The molecule has 2 aliphatic carbocycles. The van der Waals surface area contributed by atoms with E-state index in [4.69, 9.17) is 14.3 Å². The Bertz CT molecular complexity index is 1210. The molecule has 1 aromatic carbocycles. The second-order valence-corrected chi connectivity index (χ2v) is 11.3. The van der Waals surface area contributed by atoms with E-state index in [-0.39, 0.29) is 31.1 Å². The van der Waals surface area contributed by atoms with Crippen LogP contribution in [0.15, 0.2) is 58.4 Å². The fraction of sp³-hybridized carbons (Fsp3) is 0.552. The summed E-state index contributed by atoms with van der Waals surface area (Å²) >= 11 is 0. The zero-order chi connectivity index (χ0) is 26.5. The van der Waals surface area contributed by atoms with Gasteiger partial charge in [-0.1, -0.05) is 37.3 Å². The maximum absolute atomic E-state index is 13.7. The lowest BCUT2D eigenvalue weighted by Crippen LogP contribution is -2.61. The summed E-state index contributed by atoms with van der Waals surface area (Å²) < 4.78 is 12.4. The van der Waals surface area contributed by atoms with Gasteiger partial charge in [0.05, 0.1) is 6.54 Å². The van der Waals surface area contributed by atoms with Gasteiger partial charge in [0.15, 0.2) is 0 Å². The van der Waals surface area contributed by atoms with Gasteiger partial charge in [0, 0.05) is 49.4 Å². The van der Waals surface area contributed by atoms with Crippen LogP contribution in [0.5, 0.6) is 0 Å². The number of carbonyl (C=O) groups excluding carboxylic acids is 1. The molecule has 3 aliphatic heterocycles. The summed E-state index contributed by atoms with van der Waals surface area (Å²) in [6, 6.07) is 9.02. The maximum atomic E-state index is 13.7. The van der Waals surface area contributed by atoms with Crippen molar-refractivity contribution in [2.45, 2.75) is 76.3 Å². The Balaban J connectivity index is 1.29. The van der Waals surface area contributed by atoms with Crippen molar-refractivity contribution in [3.8, 4) is 0 Å². The highest BCUT2D eigenvalue weighted by atomic mass is 16.7. The SMILES string of the molecule is CO[C@]1(N(C(=O)O)[C@@H]2CC3=CN=CCC45CC(C)CC[C@H]4OC(=C35)C2)CCN(OCc2ccccc2)C1=O. The van der Waals surface area contributed by atoms with Crippen LogP contribution in [0.3, 0.4) is 0 Å². The number of carboxylic acid groups (broad SMARTS) is 1.